The first kappa shape index (κ1) is 26.0. The summed E-state index contributed by atoms with van der Waals surface area (Å²) >= 11 is 0. The van der Waals surface area contributed by atoms with E-state index in [1.165, 1.54) is 5.56 Å². The number of fused-ring (bicyclic) bond motifs is 1. The number of nitrogens with one attached hydrogen (secondary N) is 1. The van der Waals surface area contributed by atoms with Crippen molar-refractivity contribution in [1.29, 1.82) is 0 Å². The van der Waals surface area contributed by atoms with Crippen LogP contribution in [0.5, 0.6) is 11.5 Å². The molecule has 2 N–H and O–H groups in total. The molecule has 1 saturated carbocycles. The van der Waals surface area contributed by atoms with Crippen molar-refractivity contribution in [2.24, 2.45) is 11.8 Å². The second-order valence-electron chi connectivity index (χ2n) is 10.1. The van der Waals surface area contributed by atoms with Crippen molar-refractivity contribution in [2.45, 2.75) is 45.4 Å². The standard InChI is InChI=1S/C28H37N3O5/c1-18-14-31(19(2)17-32)28(34)24-13-22(29-27(33)21-7-8-21)9-12-25(24)36-26(18)16-30(3)15-20-5-10-23(35-4)11-6-20/h5-6,9-13,18-19,21,26,32H,7-8,14-17H2,1-4H3,(H,29,33)/t18-,19-,26-/m1/s1. The van der Waals surface area contributed by atoms with Crippen molar-refractivity contribution in [3.63, 3.8) is 0 Å². The first-order valence-corrected chi connectivity index (χ1v) is 12.6. The van der Waals surface area contributed by atoms with Gasteiger partial charge in [0, 0.05) is 37.2 Å². The van der Waals surface area contributed by atoms with Gasteiger partial charge in [0.1, 0.15) is 17.6 Å². The van der Waals surface area contributed by atoms with Gasteiger partial charge in [-0.2, -0.15) is 0 Å². The van der Waals surface area contributed by atoms with Gasteiger partial charge in [0.05, 0.1) is 25.3 Å². The first-order valence-electron chi connectivity index (χ1n) is 12.6. The Labute approximate surface area is 213 Å². The van der Waals surface area contributed by atoms with Gasteiger partial charge in [0.2, 0.25) is 5.91 Å². The molecule has 4 rings (SSSR count). The Kier molecular flexibility index (Phi) is 8.16. The lowest BCUT2D eigenvalue weighted by Crippen LogP contribution is -2.49. The minimum absolute atomic E-state index is 0.0126. The molecule has 1 fully saturated rings. The predicted molar refractivity (Wildman–Crippen MR) is 138 cm³/mol. The summed E-state index contributed by atoms with van der Waals surface area (Å²) in [6, 6.07) is 12.9. The number of aliphatic hydroxyl groups excluding tert-OH is 1. The van der Waals surface area contributed by atoms with Crippen LogP contribution in [-0.4, -0.2) is 72.7 Å². The zero-order chi connectivity index (χ0) is 25.8. The number of ether oxygens (including phenoxy) is 2. The third-order valence-electron chi connectivity index (χ3n) is 6.98. The molecule has 8 nitrogen and oxygen atoms in total. The number of carbonyl (C=O) groups is 2. The second kappa shape index (κ2) is 11.3. The molecule has 0 unspecified atom stereocenters. The maximum Gasteiger partial charge on any atom is 0.258 e. The fourth-order valence-electron chi connectivity index (χ4n) is 4.52. The average Bonchev–Trinajstić information content (AvgIpc) is 3.72. The quantitative estimate of drug-likeness (QED) is 0.554. The van der Waals surface area contributed by atoms with E-state index in [-0.39, 0.29) is 42.4 Å². The lowest BCUT2D eigenvalue weighted by atomic mass is 9.99. The van der Waals surface area contributed by atoms with Crippen LogP contribution in [0, 0.1) is 11.8 Å². The highest BCUT2D eigenvalue weighted by atomic mass is 16.5. The van der Waals surface area contributed by atoms with Gasteiger partial charge in [-0.05, 0) is 62.7 Å². The Hall–Kier alpha value is -3.10. The minimum atomic E-state index is -0.340. The lowest BCUT2D eigenvalue weighted by molar-refractivity contribution is -0.117. The van der Waals surface area contributed by atoms with Crippen LogP contribution in [0.2, 0.25) is 0 Å². The van der Waals surface area contributed by atoms with E-state index in [1.807, 2.05) is 31.2 Å². The number of anilines is 1. The van der Waals surface area contributed by atoms with Gasteiger partial charge in [0.15, 0.2) is 0 Å². The van der Waals surface area contributed by atoms with Crippen molar-refractivity contribution >= 4 is 17.5 Å². The van der Waals surface area contributed by atoms with Crippen molar-refractivity contribution in [3.05, 3.63) is 53.6 Å². The number of nitrogens with zero attached hydrogens (tertiary/aromatic N) is 2. The molecule has 2 aliphatic rings. The van der Waals surface area contributed by atoms with Crippen molar-refractivity contribution in [2.75, 3.05) is 39.2 Å². The Morgan fingerprint density at radius 1 is 1.25 bits per heavy atom. The summed E-state index contributed by atoms with van der Waals surface area (Å²) in [5.41, 5.74) is 2.15. The third kappa shape index (κ3) is 6.17. The van der Waals surface area contributed by atoms with Gasteiger partial charge in [-0.3, -0.25) is 14.5 Å². The summed E-state index contributed by atoms with van der Waals surface area (Å²) in [5, 5.41) is 12.8. The molecule has 0 bridgehead atoms. The van der Waals surface area contributed by atoms with Crippen LogP contribution in [0.3, 0.4) is 0 Å². The number of hydrogen-bond acceptors (Lipinski definition) is 6. The highest BCUT2D eigenvalue weighted by molar-refractivity contribution is 6.00. The Bertz CT molecular complexity index is 1070. The molecule has 1 heterocycles. The monoisotopic (exact) mass is 495 g/mol. The molecule has 8 heteroatoms. The molecule has 0 spiro atoms. The SMILES string of the molecule is COc1ccc(CN(C)C[C@H]2Oc3ccc(NC(=O)C4CC4)cc3C(=O)N([C@H](C)CO)C[C@H]2C)cc1. The van der Waals surface area contributed by atoms with Crippen LogP contribution in [-0.2, 0) is 11.3 Å². The van der Waals surface area contributed by atoms with E-state index >= 15 is 0 Å². The van der Waals surface area contributed by atoms with Crippen LogP contribution in [0.1, 0.15) is 42.6 Å². The van der Waals surface area contributed by atoms with Crippen molar-refractivity contribution < 1.29 is 24.2 Å². The van der Waals surface area contributed by atoms with E-state index in [9.17, 15) is 14.7 Å². The molecule has 0 radical (unpaired) electrons. The first-order chi connectivity index (χ1) is 17.3. The number of benzene rings is 2. The maximum absolute atomic E-state index is 13.5. The molecule has 2 aromatic rings. The minimum Gasteiger partial charge on any atom is -0.497 e. The smallest absolute Gasteiger partial charge is 0.258 e. The number of amides is 2. The lowest BCUT2D eigenvalue weighted by Gasteiger charge is -2.38. The molecule has 0 aromatic heterocycles. The predicted octanol–water partition coefficient (Wildman–Crippen LogP) is 3.40. The van der Waals surface area contributed by atoms with Gasteiger partial charge in [0.25, 0.3) is 5.91 Å². The summed E-state index contributed by atoms with van der Waals surface area (Å²) in [7, 11) is 3.71. The number of carbonyl (C=O) groups excluding carboxylic acids is 2. The zero-order valence-electron chi connectivity index (χ0n) is 21.6. The maximum atomic E-state index is 13.5. The third-order valence-corrected chi connectivity index (χ3v) is 6.98. The molecule has 2 aromatic carbocycles. The van der Waals surface area contributed by atoms with E-state index in [1.54, 1.807) is 30.2 Å². The summed E-state index contributed by atoms with van der Waals surface area (Å²) in [5.74, 6) is 1.20. The van der Waals surface area contributed by atoms with Gasteiger partial charge in [-0.25, -0.2) is 0 Å². The number of rotatable bonds is 9. The van der Waals surface area contributed by atoms with Crippen molar-refractivity contribution in [1.82, 2.24) is 9.80 Å². The summed E-state index contributed by atoms with van der Waals surface area (Å²) in [4.78, 5) is 29.8. The fraction of sp³-hybridized carbons (Fsp3) is 0.500. The normalized spacial score (nSPS) is 20.7. The number of likely N-dealkylation sites (N-methyl/N-ethyl adjacent to an activating group) is 1. The zero-order valence-corrected chi connectivity index (χ0v) is 21.6. The molecular weight excluding hydrogens is 458 g/mol. The van der Waals surface area contributed by atoms with E-state index in [4.69, 9.17) is 9.47 Å². The molecule has 36 heavy (non-hydrogen) atoms. The van der Waals surface area contributed by atoms with Crippen LogP contribution < -0.4 is 14.8 Å². The average molecular weight is 496 g/mol. The number of aliphatic hydroxyl groups is 1. The van der Waals surface area contributed by atoms with Gasteiger partial charge in [-0.1, -0.05) is 19.1 Å². The topological polar surface area (TPSA) is 91.3 Å². The molecule has 2 amide bonds. The molecular formula is C28H37N3O5. The Balaban J connectivity index is 1.56. The largest absolute Gasteiger partial charge is 0.497 e. The van der Waals surface area contributed by atoms with Gasteiger partial charge in [-0.15, -0.1) is 0 Å². The molecule has 3 atom stereocenters. The number of hydrogen-bond donors (Lipinski definition) is 2. The fourth-order valence-corrected chi connectivity index (χ4v) is 4.52. The summed E-state index contributed by atoms with van der Waals surface area (Å²) < 4.78 is 11.7. The van der Waals surface area contributed by atoms with Crippen LogP contribution >= 0.6 is 0 Å². The highest BCUT2D eigenvalue weighted by Gasteiger charge is 2.34. The molecule has 1 aliphatic carbocycles. The van der Waals surface area contributed by atoms with E-state index in [0.29, 0.717) is 30.1 Å². The van der Waals surface area contributed by atoms with Crippen LogP contribution in [0.15, 0.2) is 42.5 Å². The van der Waals surface area contributed by atoms with Gasteiger partial charge < -0.3 is 24.8 Å². The van der Waals surface area contributed by atoms with E-state index < -0.39 is 0 Å². The Morgan fingerprint density at radius 3 is 2.61 bits per heavy atom. The number of methoxy groups -OCH3 is 1. The van der Waals surface area contributed by atoms with Crippen LogP contribution in [0.4, 0.5) is 5.69 Å². The molecule has 194 valence electrons. The summed E-state index contributed by atoms with van der Waals surface area (Å²) in [6.07, 6.45) is 1.63. The second-order valence-corrected chi connectivity index (χ2v) is 10.1. The van der Waals surface area contributed by atoms with Crippen LogP contribution in [0.25, 0.3) is 0 Å². The molecule has 1 aliphatic heterocycles. The summed E-state index contributed by atoms with van der Waals surface area (Å²) in [6.45, 7) is 5.64. The van der Waals surface area contributed by atoms with Gasteiger partial charge >= 0.3 is 0 Å². The highest BCUT2D eigenvalue weighted by Crippen LogP contribution is 2.33. The van der Waals surface area contributed by atoms with E-state index in [0.717, 1.165) is 25.1 Å². The Morgan fingerprint density at radius 2 is 1.97 bits per heavy atom. The molecule has 0 saturated heterocycles. The van der Waals surface area contributed by atoms with Crippen molar-refractivity contribution in [3.8, 4) is 11.5 Å². The van der Waals surface area contributed by atoms with E-state index in [2.05, 4.69) is 24.2 Å².